The Labute approximate surface area is 183 Å². The number of nitrogens with zero attached hydrogens (tertiary/aromatic N) is 3. The molecule has 1 aliphatic heterocycles. The van der Waals surface area contributed by atoms with Gasteiger partial charge in [-0.25, -0.2) is 9.37 Å². The predicted molar refractivity (Wildman–Crippen MR) is 122 cm³/mol. The van der Waals surface area contributed by atoms with E-state index in [1.54, 1.807) is 6.07 Å². The summed E-state index contributed by atoms with van der Waals surface area (Å²) < 4.78 is 14.2. The topological polar surface area (TPSA) is 39.6 Å². The highest BCUT2D eigenvalue weighted by molar-refractivity contribution is 5.95. The molecule has 0 bridgehead atoms. The number of halogens is 3. The van der Waals surface area contributed by atoms with Gasteiger partial charge in [0, 0.05) is 42.7 Å². The highest BCUT2D eigenvalue weighted by atomic mass is 35.5. The summed E-state index contributed by atoms with van der Waals surface area (Å²) in [4.78, 5) is 9.69. The molecule has 1 fully saturated rings. The van der Waals surface area contributed by atoms with Gasteiger partial charge >= 0.3 is 0 Å². The van der Waals surface area contributed by atoms with Crippen molar-refractivity contribution in [2.24, 2.45) is 0 Å². The largest absolute Gasteiger partial charge is 0.392 e. The van der Waals surface area contributed by atoms with Gasteiger partial charge in [-0.1, -0.05) is 43.3 Å². The minimum atomic E-state index is -0.400. The Bertz CT molecular complexity index is 962. The summed E-state index contributed by atoms with van der Waals surface area (Å²) >= 11 is 0. The van der Waals surface area contributed by atoms with Crippen LogP contribution in [0.25, 0.3) is 22.0 Å². The molecule has 7 heteroatoms. The van der Waals surface area contributed by atoms with Crippen molar-refractivity contribution in [2.45, 2.75) is 13.5 Å². The van der Waals surface area contributed by atoms with Gasteiger partial charge in [0.05, 0.1) is 12.3 Å². The van der Waals surface area contributed by atoms with E-state index < -0.39 is 5.82 Å². The maximum Gasteiger partial charge on any atom is 0.137 e. The summed E-state index contributed by atoms with van der Waals surface area (Å²) in [5, 5.41) is 11.4. The van der Waals surface area contributed by atoms with Crippen LogP contribution in [0, 0.1) is 5.82 Å². The van der Waals surface area contributed by atoms with Crippen molar-refractivity contribution in [3.63, 3.8) is 0 Å². The molecule has 156 valence electrons. The highest BCUT2D eigenvalue weighted by Crippen LogP contribution is 2.31. The molecule has 0 unspecified atom stereocenters. The quantitative estimate of drug-likeness (QED) is 0.651. The van der Waals surface area contributed by atoms with Crippen molar-refractivity contribution in [3.05, 3.63) is 59.9 Å². The SMILES string of the molecule is CCN1CCN(c2nc(-c3ccc(CO)c(F)c3)cc3ccccc23)CC1.Cl.Cl. The molecule has 1 saturated heterocycles. The molecule has 1 aliphatic rings. The number of anilines is 1. The van der Waals surface area contributed by atoms with Crippen LogP contribution in [0.1, 0.15) is 12.5 Å². The summed E-state index contributed by atoms with van der Waals surface area (Å²) in [5.74, 6) is 0.563. The van der Waals surface area contributed by atoms with E-state index in [0.717, 1.165) is 60.6 Å². The first-order chi connectivity index (χ1) is 13.2. The number of hydrogen-bond donors (Lipinski definition) is 1. The molecule has 1 N–H and O–H groups in total. The Morgan fingerprint density at radius 2 is 1.72 bits per heavy atom. The highest BCUT2D eigenvalue weighted by Gasteiger charge is 2.20. The maximum atomic E-state index is 14.2. The van der Waals surface area contributed by atoms with Crippen LogP contribution in [0.5, 0.6) is 0 Å². The van der Waals surface area contributed by atoms with E-state index in [1.807, 2.05) is 24.3 Å². The fraction of sp³-hybridized carbons (Fsp3) is 0.318. The van der Waals surface area contributed by atoms with Crippen molar-refractivity contribution in [3.8, 4) is 11.3 Å². The van der Waals surface area contributed by atoms with Crippen LogP contribution in [0.2, 0.25) is 0 Å². The van der Waals surface area contributed by atoms with Crippen molar-refractivity contribution in [1.29, 1.82) is 0 Å². The van der Waals surface area contributed by atoms with E-state index in [9.17, 15) is 9.50 Å². The van der Waals surface area contributed by atoms with Crippen molar-refractivity contribution >= 4 is 41.4 Å². The molecule has 0 amide bonds. The van der Waals surface area contributed by atoms with Crippen LogP contribution < -0.4 is 4.90 Å². The second kappa shape index (κ2) is 10.2. The number of aliphatic hydroxyl groups is 1. The van der Waals surface area contributed by atoms with Gasteiger partial charge in [-0.05, 0) is 24.1 Å². The normalized spacial score (nSPS) is 14.4. The first-order valence-electron chi connectivity index (χ1n) is 9.46. The Morgan fingerprint density at radius 1 is 1.00 bits per heavy atom. The lowest BCUT2D eigenvalue weighted by molar-refractivity contribution is 0.271. The first-order valence-corrected chi connectivity index (χ1v) is 9.46. The van der Waals surface area contributed by atoms with Gasteiger partial charge in [-0.2, -0.15) is 0 Å². The van der Waals surface area contributed by atoms with Crippen LogP contribution in [-0.4, -0.2) is 47.7 Å². The van der Waals surface area contributed by atoms with Crippen molar-refractivity contribution in [2.75, 3.05) is 37.6 Å². The molecule has 0 atom stereocenters. The van der Waals surface area contributed by atoms with Gasteiger partial charge in [0.1, 0.15) is 11.6 Å². The number of pyridine rings is 1. The molecule has 1 aromatic heterocycles. The van der Waals surface area contributed by atoms with Crippen LogP contribution in [0.15, 0.2) is 48.5 Å². The summed E-state index contributed by atoms with van der Waals surface area (Å²) in [7, 11) is 0. The third-order valence-electron chi connectivity index (χ3n) is 5.36. The average molecular weight is 438 g/mol. The minimum absolute atomic E-state index is 0. The number of benzene rings is 2. The third kappa shape index (κ3) is 4.81. The zero-order valence-electron chi connectivity index (χ0n) is 16.3. The second-order valence-corrected chi connectivity index (χ2v) is 6.94. The van der Waals surface area contributed by atoms with Crippen LogP contribution in [0.3, 0.4) is 0 Å². The van der Waals surface area contributed by atoms with Crippen LogP contribution in [0.4, 0.5) is 10.2 Å². The lowest BCUT2D eigenvalue weighted by atomic mass is 10.0. The minimum Gasteiger partial charge on any atom is -0.392 e. The number of rotatable bonds is 4. The molecule has 29 heavy (non-hydrogen) atoms. The van der Waals surface area contributed by atoms with Crippen molar-refractivity contribution in [1.82, 2.24) is 9.88 Å². The molecule has 0 radical (unpaired) electrons. The summed E-state index contributed by atoms with van der Waals surface area (Å²) in [5.41, 5.74) is 1.78. The molecule has 0 spiro atoms. The summed E-state index contributed by atoms with van der Waals surface area (Å²) in [6.07, 6.45) is 0. The lowest BCUT2D eigenvalue weighted by Gasteiger charge is -2.35. The number of aliphatic hydroxyl groups excluding tert-OH is 1. The summed E-state index contributed by atoms with van der Waals surface area (Å²) in [6.45, 7) is 6.88. The number of piperazine rings is 1. The Kier molecular flexibility index (Phi) is 8.23. The molecule has 2 heterocycles. The average Bonchev–Trinajstić information content (AvgIpc) is 2.73. The molecule has 0 aliphatic carbocycles. The first kappa shape index (κ1) is 23.4. The Balaban J connectivity index is 0.00000150. The van der Waals surface area contributed by atoms with Crippen LogP contribution in [-0.2, 0) is 6.61 Å². The van der Waals surface area contributed by atoms with E-state index in [0.29, 0.717) is 5.56 Å². The number of aromatic nitrogens is 1. The second-order valence-electron chi connectivity index (χ2n) is 6.94. The van der Waals surface area contributed by atoms with Gasteiger partial charge < -0.3 is 14.9 Å². The third-order valence-corrected chi connectivity index (χ3v) is 5.36. The summed E-state index contributed by atoms with van der Waals surface area (Å²) in [6, 6.07) is 15.1. The van der Waals surface area contributed by atoms with E-state index >= 15 is 0 Å². The van der Waals surface area contributed by atoms with Gasteiger partial charge in [-0.3, -0.25) is 0 Å². The van der Waals surface area contributed by atoms with E-state index in [2.05, 4.69) is 28.9 Å². The maximum absolute atomic E-state index is 14.2. The molecule has 3 aromatic rings. The predicted octanol–water partition coefficient (Wildman–Crippen LogP) is 4.52. The van der Waals surface area contributed by atoms with Gasteiger partial charge in [0.2, 0.25) is 0 Å². The zero-order valence-corrected chi connectivity index (χ0v) is 18.0. The number of fused-ring (bicyclic) bond motifs is 1. The Morgan fingerprint density at radius 3 is 2.38 bits per heavy atom. The van der Waals surface area contributed by atoms with Gasteiger partial charge in [0.15, 0.2) is 0 Å². The molecule has 4 rings (SSSR count). The van der Waals surface area contributed by atoms with E-state index in [4.69, 9.17) is 4.98 Å². The van der Waals surface area contributed by atoms with E-state index in [1.165, 1.54) is 6.07 Å². The Hall–Kier alpha value is -1.92. The van der Waals surface area contributed by atoms with Gasteiger partial charge in [-0.15, -0.1) is 24.8 Å². The smallest absolute Gasteiger partial charge is 0.137 e. The lowest BCUT2D eigenvalue weighted by Crippen LogP contribution is -2.46. The molecular weight excluding hydrogens is 412 g/mol. The number of likely N-dealkylation sites (N-methyl/N-ethyl adjacent to an activating group) is 1. The van der Waals surface area contributed by atoms with Crippen molar-refractivity contribution < 1.29 is 9.50 Å². The van der Waals surface area contributed by atoms with Crippen LogP contribution >= 0.6 is 24.8 Å². The standard InChI is InChI=1S/C22H24FN3O.2ClH/c1-2-25-9-11-26(12-10-25)22-19-6-4-3-5-16(19)14-21(24-22)17-7-8-18(15-27)20(23)13-17;;/h3-8,13-14,27H,2,9-12,15H2,1H3;2*1H. The fourth-order valence-corrected chi connectivity index (χ4v) is 3.68. The van der Waals surface area contributed by atoms with E-state index in [-0.39, 0.29) is 31.4 Å². The number of hydrogen-bond acceptors (Lipinski definition) is 4. The molecular formula is C22H26Cl2FN3O. The molecule has 2 aromatic carbocycles. The molecule has 4 nitrogen and oxygen atoms in total. The monoisotopic (exact) mass is 437 g/mol. The fourth-order valence-electron chi connectivity index (χ4n) is 3.68. The molecule has 0 saturated carbocycles. The zero-order chi connectivity index (χ0) is 18.8. The van der Waals surface area contributed by atoms with Gasteiger partial charge in [0.25, 0.3) is 0 Å².